The van der Waals surface area contributed by atoms with Gasteiger partial charge < -0.3 is 9.47 Å². The number of carbonyl (C=O) groups excluding carboxylic acids is 1. The highest BCUT2D eigenvalue weighted by molar-refractivity contribution is 9.10. The van der Waals surface area contributed by atoms with Gasteiger partial charge in [-0.1, -0.05) is 70.5 Å². The molecule has 0 aliphatic carbocycles. The van der Waals surface area contributed by atoms with E-state index in [1.54, 1.807) is 13.3 Å². The zero-order chi connectivity index (χ0) is 23.9. The van der Waals surface area contributed by atoms with Crippen LogP contribution in [0.25, 0.3) is 10.8 Å². The molecule has 1 amide bonds. The highest BCUT2D eigenvalue weighted by atomic mass is 79.9. The van der Waals surface area contributed by atoms with Crippen LogP contribution in [0.3, 0.4) is 0 Å². The normalized spacial score (nSPS) is 11.0. The summed E-state index contributed by atoms with van der Waals surface area (Å²) in [7, 11) is 1.59. The Morgan fingerprint density at radius 3 is 2.56 bits per heavy atom. The van der Waals surface area contributed by atoms with Crippen molar-refractivity contribution < 1.29 is 14.3 Å². The van der Waals surface area contributed by atoms with Crippen molar-refractivity contribution in [2.75, 3.05) is 7.11 Å². The summed E-state index contributed by atoms with van der Waals surface area (Å²) >= 11 is 6.96. The zero-order valence-electron chi connectivity index (χ0n) is 18.4. The minimum atomic E-state index is -0.195. The third-order valence-electron chi connectivity index (χ3n) is 5.18. The highest BCUT2D eigenvalue weighted by Crippen LogP contribution is 2.37. The van der Waals surface area contributed by atoms with E-state index in [4.69, 9.17) is 9.47 Å². The first-order valence-electron chi connectivity index (χ1n) is 10.6. The van der Waals surface area contributed by atoms with Crippen LogP contribution in [0.15, 0.2) is 92.9 Å². The Labute approximate surface area is 215 Å². The Hall–Kier alpha value is -3.16. The Kier molecular flexibility index (Phi) is 7.98. The minimum Gasteiger partial charge on any atom is -0.493 e. The monoisotopic (exact) mass is 580 g/mol. The number of amides is 1. The first kappa shape index (κ1) is 24.0. The number of hydrazone groups is 1. The van der Waals surface area contributed by atoms with Gasteiger partial charge in [-0.15, -0.1) is 0 Å². The predicted octanol–water partition coefficient (Wildman–Crippen LogP) is 6.65. The molecular formula is C27H22Br2N2O3. The molecule has 0 heterocycles. The average Bonchev–Trinajstić information content (AvgIpc) is 2.84. The third-order valence-corrected chi connectivity index (χ3v) is 6.30. The highest BCUT2D eigenvalue weighted by Gasteiger charge is 2.12. The molecule has 0 atom stereocenters. The van der Waals surface area contributed by atoms with Crippen molar-refractivity contribution in [3.8, 4) is 11.5 Å². The number of benzene rings is 4. The van der Waals surface area contributed by atoms with Crippen LogP contribution in [0.2, 0.25) is 0 Å². The molecule has 0 spiro atoms. The first-order valence-corrected chi connectivity index (χ1v) is 12.2. The van der Waals surface area contributed by atoms with Crippen LogP contribution in [-0.2, 0) is 17.8 Å². The van der Waals surface area contributed by atoms with E-state index >= 15 is 0 Å². The standard InChI is InChI=1S/C27H22Br2N2O3/c1-33-25-14-19(16-30-31-26(32)15-18-9-11-22(28)12-10-18)13-24(29)27(25)34-17-21-7-4-6-20-5-2-3-8-23(20)21/h2-14,16H,15,17H2,1H3,(H,31,32)/b30-16+. The number of nitrogens with one attached hydrogen (secondary N) is 1. The van der Waals surface area contributed by atoms with Gasteiger partial charge in [-0.05, 0) is 67.7 Å². The van der Waals surface area contributed by atoms with Crippen LogP contribution in [-0.4, -0.2) is 19.2 Å². The van der Waals surface area contributed by atoms with Crippen molar-refractivity contribution in [3.05, 3.63) is 104 Å². The molecule has 0 unspecified atom stereocenters. The van der Waals surface area contributed by atoms with Crippen LogP contribution < -0.4 is 14.9 Å². The summed E-state index contributed by atoms with van der Waals surface area (Å²) in [6, 6.07) is 25.7. The molecule has 0 radical (unpaired) electrons. The van der Waals surface area contributed by atoms with Crippen LogP contribution in [0.4, 0.5) is 0 Å². The number of hydrogen-bond donors (Lipinski definition) is 1. The number of rotatable bonds is 8. The lowest BCUT2D eigenvalue weighted by Crippen LogP contribution is -2.19. The summed E-state index contributed by atoms with van der Waals surface area (Å²) in [5, 5.41) is 6.40. The predicted molar refractivity (Wildman–Crippen MR) is 143 cm³/mol. The van der Waals surface area contributed by atoms with Gasteiger partial charge in [0.2, 0.25) is 5.91 Å². The van der Waals surface area contributed by atoms with E-state index in [1.165, 1.54) is 5.39 Å². The molecule has 172 valence electrons. The van der Waals surface area contributed by atoms with Crippen molar-refractivity contribution >= 4 is 54.8 Å². The van der Waals surface area contributed by atoms with Crippen LogP contribution >= 0.6 is 31.9 Å². The number of methoxy groups -OCH3 is 1. The number of nitrogens with zero attached hydrogens (tertiary/aromatic N) is 1. The summed E-state index contributed by atoms with van der Waals surface area (Å²) in [4.78, 5) is 12.2. The van der Waals surface area contributed by atoms with Crippen molar-refractivity contribution in [3.63, 3.8) is 0 Å². The van der Waals surface area contributed by atoms with Crippen molar-refractivity contribution in [2.24, 2.45) is 5.10 Å². The van der Waals surface area contributed by atoms with Gasteiger partial charge in [-0.25, -0.2) is 5.43 Å². The fraction of sp³-hybridized carbons (Fsp3) is 0.111. The van der Waals surface area contributed by atoms with E-state index in [0.717, 1.165) is 31.0 Å². The van der Waals surface area contributed by atoms with E-state index in [0.29, 0.717) is 18.1 Å². The Bertz CT molecular complexity index is 1330. The van der Waals surface area contributed by atoms with Gasteiger partial charge in [-0.2, -0.15) is 5.10 Å². The van der Waals surface area contributed by atoms with Crippen LogP contribution in [0.5, 0.6) is 11.5 Å². The van der Waals surface area contributed by atoms with Gasteiger partial charge in [0.25, 0.3) is 0 Å². The molecule has 34 heavy (non-hydrogen) atoms. The second-order valence-corrected chi connectivity index (χ2v) is 9.33. The summed E-state index contributed by atoms with van der Waals surface area (Å²) in [5.41, 5.74) is 5.31. The molecule has 5 nitrogen and oxygen atoms in total. The molecule has 1 N–H and O–H groups in total. The van der Waals surface area contributed by atoms with Gasteiger partial charge in [0.05, 0.1) is 24.2 Å². The number of ether oxygens (including phenoxy) is 2. The van der Waals surface area contributed by atoms with E-state index < -0.39 is 0 Å². The molecule has 4 aromatic carbocycles. The molecular weight excluding hydrogens is 560 g/mol. The lowest BCUT2D eigenvalue weighted by Gasteiger charge is -2.14. The zero-order valence-corrected chi connectivity index (χ0v) is 21.6. The Morgan fingerprint density at radius 1 is 1.00 bits per heavy atom. The molecule has 0 aliphatic rings. The van der Waals surface area contributed by atoms with Crippen molar-refractivity contribution in [1.82, 2.24) is 5.43 Å². The Balaban J connectivity index is 1.43. The third kappa shape index (κ3) is 6.04. The number of hydrogen-bond acceptors (Lipinski definition) is 4. The summed E-state index contributed by atoms with van der Waals surface area (Å²) in [6.07, 6.45) is 1.82. The average molecular weight is 582 g/mol. The molecule has 7 heteroatoms. The largest absolute Gasteiger partial charge is 0.493 e. The minimum absolute atomic E-state index is 0.195. The van der Waals surface area contributed by atoms with Gasteiger partial charge in [0.15, 0.2) is 11.5 Å². The van der Waals surface area contributed by atoms with Crippen LogP contribution in [0.1, 0.15) is 16.7 Å². The molecule has 0 saturated heterocycles. The van der Waals surface area contributed by atoms with E-state index in [2.05, 4.69) is 66.7 Å². The Morgan fingerprint density at radius 2 is 1.76 bits per heavy atom. The lowest BCUT2D eigenvalue weighted by molar-refractivity contribution is -0.120. The smallest absolute Gasteiger partial charge is 0.244 e. The molecule has 0 aliphatic heterocycles. The maximum atomic E-state index is 12.2. The second-order valence-electron chi connectivity index (χ2n) is 7.56. The van der Waals surface area contributed by atoms with Crippen LogP contribution in [0, 0.1) is 0 Å². The molecule has 0 saturated carbocycles. The first-order chi connectivity index (χ1) is 16.5. The van der Waals surface area contributed by atoms with Crippen molar-refractivity contribution in [1.29, 1.82) is 0 Å². The molecule has 0 bridgehead atoms. The number of carbonyl (C=O) groups is 1. The fourth-order valence-electron chi connectivity index (χ4n) is 3.53. The fourth-order valence-corrected chi connectivity index (χ4v) is 4.37. The van der Waals surface area contributed by atoms with E-state index in [9.17, 15) is 4.79 Å². The summed E-state index contributed by atoms with van der Waals surface area (Å²) < 4.78 is 13.4. The summed E-state index contributed by atoms with van der Waals surface area (Å²) in [6.45, 7) is 0.399. The van der Waals surface area contributed by atoms with E-state index in [-0.39, 0.29) is 12.3 Å². The SMILES string of the molecule is COc1cc(/C=N/NC(=O)Cc2ccc(Br)cc2)cc(Br)c1OCc1cccc2ccccc12. The van der Waals surface area contributed by atoms with Gasteiger partial charge in [0, 0.05) is 4.47 Å². The maximum absolute atomic E-state index is 12.2. The molecule has 4 rings (SSSR count). The molecule has 4 aromatic rings. The molecule has 0 fully saturated rings. The second kappa shape index (κ2) is 11.3. The summed E-state index contributed by atoms with van der Waals surface area (Å²) in [5.74, 6) is 0.976. The quantitative estimate of drug-likeness (QED) is 0.187. The number of fused-ring (bicyclic) bond motifs is 1. The van der Waals surface area contributed by atoms with Gasteiger partial charge in [0.1, 0.15) is 6.61 Å². The van der Waals surface area contributed by atoms with Gasteiger partial charge in [-0.3, -0.25) is 4.79 Å². The van der Waals surface area contributed by atoms with Gasteiger partial charge >= 0.3 is 0 Å². The van der Waals surface area contributed by atoms with Crippen molar-refractivity contribution in [2.45, 2.75) is 13.0 Å². The topological polar surface area (TPSA) is 59.9 Å². The van der Waals surface area contributed by atoms with E-state index in [1.807, 2.05) is 54.6 Å². The lowest BCUT2D eigenvalue weighted by atomic mass is 10.1. The number of halogens is 2. The molecule has 0 aromatic heterocycles. The maximum Gasteiger partial charge on any atom is 0.244 e.